The zero-order valence-electron chi connectivity index (χ0n) is 19.1. The van der Waals surface area contributed by atoms with Crippen molar-refractivity contribution in [2.45, 2.75) is 11.3 Å². The molecule has 0 saturated heterocycles. The lowest BCUT2D eigenvalue weighted by Crippen LogP contribution is -2.23. The lowest BCUT2D eigenvalue weighted by molar-refractivity contribution is -0.137. The van der Waals surface area contributed by atoms with Crippen molar-refractivity contribution in [3.8, 4) is 17.2 Å². The molecule has 0 atom stereocenters. The molecule has 0 aliphatic rings. The number of nitrogens with zero attached hydrogens (tertiary/aromatic N) is 2. The van der Waals surface area contributed by atoms with E-state index in [2.05, 4.69) is 10.3 Å². The molecule has 1 N–H and O–H groups in total. The molecular formula is C25H20F3N3O4S. The van der Waals surface area contributed by atoms with Crippen LogP contribution in [0, 0.1) is 0 Å². The number of benzene rings is 3. The van der Waals surface area contributed by atoms with Crippen molar-refractivity contribution < 1.29 is 27.4 Å². The van der Waals surface area contributed by atoms with Crippen LogP contribution in [-0.4, -0.2) is 35.4 Å². The van der Waals surface area contributed by atoms with Gasteiger partial charge >= 0.3 is 6.18 Å². The number of methoxy groups -OCH3 is 2. The van der Waals surface area contributed by atoms with Crippen molar-refractivity contribution in [2.24, 2.45) is 0 Å². The van der Waals surface area contributed by atoms with Crippen molar-refractivity contribution in [3.05, 3.63) is 82.6 Å². The number of hydrogen-bond donors (Lipinski definition) is 1. The molecule has 4 aromatic rings. The Kier molecular flexibility index (Phi) is 7.20. The molecule has 4 rings (SSSR count). The number of anilines is 1. The van der Waals surface area contributed by atoms with Gasteiger partial charge in [-0.05, 0) is 36.4 Å². The van der Waals surface area contributed by atoms with Crippen molar-refractivity contribution in [1.29, 1.82) is 0 Å². The van der Waals surface area contributed by atoms with Crippen LogP contribution in [0.2, 0.25) is 0 Å². The van der Waals surface area contributed by atoms with E-state index in [-0.39, 0.29) is 16.6 Å². The number of hydrogen-bond acceptors (Lipinski definition) is 6. The molecule has 0 unspecified atom stereocenters. The maximum Gasteiger partial charge on any atom is 0.418 e. The summed E-state index contributed by atoms with van der Waals surface area (Å²) in [6.07, 6.45) is -4.62. The Hall–Kier alpha value is -3.99. The van der Waals surface area contributed by atoms with Gasteiger partial charge in [0.05, 0.1) is 47.8 Å². The first kappa shape index (κ1) is 25.1. The maximum absolute atomic E-state index is 13.5. The molecule has 0 aliphatic heterocycles. The number of ether oxygens (including phenoxy) is 2. The minimum absolute atomic E-state index is 0.157. The highest BCUT2D eigenvalue weighted by Gasteiger charge is 2.33. The Morgan fingerprint density at radius 1 is 1.03 bits per heavy atom. The molecule has 0 aliphatic carbocycles. The van der Waals surface area contributed by atoms with Gasteiger partial charge in [0.25, 0.3) is 5.56 Å². The third-order valence-corrected chi connectivity index (χ3v) is 6.15. The highest BCUT2D eigenvalue weighted by molar-refractivity contribution is 7.99. The molecule has 7 nitrogen and oxygen atoms in total. The fourth-order valence-corrected chi connectivity index (χ4v) is 4.35. The van der Waals surface area contributed by atoms with Crippen LogP contribution in [0.15, 0.2) is 76.7 Å². The van der Waals surface area contributed by atoms with Crippen LogP contribution in [-0.2, 0) is 11.0 Å². The Labute approximate surface area is 207 Å². The number of thioether (sulfide) groups is 1. The van der Waals surface area contributed by atoms with Gasteiger partial charge in [0.2, 0.25) is 5.91 Å². The summed E-state index contributed by atoms with van der Waals surface area (Å²) in [5.41, 5.74) is -0.965. The second kappa shape index (κ2) is 10.3. The number of aromatic nitrogens is 2. The van der Waals surface area contributed by atoms with Gasteiger partial charge in [-0.15, -0.1) is 0 Å². The molecule has 11 heteroatoms. The van der Waals surface area contributed by atoms with Crippen LogP contribution in [0.5, 0.6) is 11.5 Å². The molecule has 3 aromatic carbocycles. The standard InChI is InChI=1S/C25H20F3N3O4S/c1-34-15-11-12-21(35-2)20(13-15)31-23(33)16-7-3-5-9-18(16)30-24(31)36-14-22(32)29-19-10-6-4-8-17(19)25(26,27)28/h3-13H,14H2,1-2H3,(H,29,32). The van der Waals surface area contributed by atoms with Crippen molar-refractivity contribution >= 4 is 34.3 Å². The topological polar surface area (TPSA) is 82.4 Å². The van der Waals surface area contributed by atoms with Crippen LogP contribution in [0.1, 0.15) is 5.56 Å². The summed E-state index contributed by atoms with van der Waals surface area (Å²) >= 11 is 0.906. The number of halogens is 3. The van der Waals surface area contributed by atoms with Gasteiger partial charge in [-0.2, -0.15) is 13.2 Å². The van der Waals surface area contributed by atoms with E-state index in [4.69, 9.17) is 9.47 Å². The minimum atomic E-state index is -4.62. The zero-order chi connectivity index (χ0) is 25.9. The van der Waals surface area contributed by atoms with Crippen molar-refractivity contribution in [2.75, 3.05) is 25.3 Å². The highest BCUT2D eigenvalue weighted by atomic mass is 32.2. The van der Waals surface area contributed by atoms with E-state index in [1.807, 2.05) is 0 Å². The number of nitrogens with one attached hydrogen (secondary N) is 1. The summed E-state index contributed by atoms with van der Waals surface area (Å²) in [5.74, 6) is -0.171. The van der Waals surface area contributed by atoms with Crippen LogP contribution in [0.25, 0.3) is 16.6 Å². The number of amides is 1. The first-order valence-electron chi connectivity index (χ1n) is 10.6. The first-order valence-corrected chi connectivity index (χ1v) is 11.5. The van der Waals surface area contributed by atoms with Crippen molar-refractivity contribution in [1.82, 2.24) is 9.55 Å². The van der Waals surface area contributed by atoms with E-state index in [0.717, 1.165) is 17.8 Å². The van der Waals surface area contributed by atoms with Crippen LogP contribution < -0.4 is 20.3 Å². The molecule has 1 aromatic heterocycles. The lowest BCUT2D eigenvalue weighted by Gasteiger charge is -2.17. The van der Waals surface area contributed by atoms with Gasteiger partial charge in [0, 0.05) is 6.07 Å². The fourth-order valence-electron chi connectivity index (χ4n) is 3.55. The predicted octanol–water partition coefficient (Wildman–Crippen LogP) is 5.15. The lowest BCUT2D eigenvalue weighted by atomic mass is 10.1. The molecular weight excluding hydrogens is 495 g/mol. The summed E-state index contributed by atoms with van der Waals surface area (Å²) in [4.78, 5) is 30.7. The monoisotopic (exact) mass is 515 g/mol. The van der Waals surface area contributed by atoms with Gasteiger partial charge in [-0.25, -0.2) is 4.98 Å². The van der Waals surface area contributed by atoms with Gasteiger partial charge in [0.1, 0.15) is 11.5 Å². The molecule has 0 fully saturated rings. The average molecular weight is 516 g/mol. The number of carbonyl (C=O) groups is 1. The third-order valence-electron chi connectivity index (χ3n) is 5.21. The van der Waals surface area contributed by atoms with E-state index < -0.39 is 23.2 Å². The molecule has 186 valence electrons. The van der Waals surface area contributed by atoms with E-state index >= 15 is 0 Å². The Morgan fingerprint density at radius 3 is 2.47 bits per heavy atom. The van der Waals surface area contributed by atoms with Crippen LogP contribution >= 0.6 is 11.8 Å². The minimum Gasteiger partial charge on any atom is -0.497 e. The summed E-state index contributed by atoms with van der Waals surface area (Å²) in [5, 5.41) is 2.80. The molecule has 0 spiro atoms. The van der Waals surface area contributed by atoms with E-state index in [0.29, 0.717) is 28.1 Å². The third kappa shape index (κ3) is 5.15. The second-order valence-electron chi connectivity index (χ2n) is 7.47. The van der Waals surface area contributed by atoms with Gasteiger partial charge < -0.3 is 14.8 Å². The Bertz CT molecular complexity index is 1490. The summed E-state index contributed by atoms with van der Waals surface area (Å²) in [6, 6.07) is 16.3. The normalized spacial score (nSPS) is 11.4. The summed E-state index contributed by atoms with van der Waals surface area (Å²) < 4.78 is 51.9. The molecule has 0 bridgehead atoms. The van der Waals surface area contributed by atoms with Gasteiger partial charge in [-0.3, -0.25) is 14.2 Å². The highest BCUT2D eigenvalue weighted by Crippen LogP contribution is 2.35. The molecule has 0 saturated carbocycles. The molecule has 1 amide bonds. The first-order chi connectivity index (χ1) is 17.2. The quantitative estimate of drug-likeness (QED) is 0.271. The van der Waals surface area contributed by atoms with E-state index in [9.17, 15) is 22.8 Å². The molecule has 36 heavy (non-hydrogen) atoms. The SMILES string of the molecule is COc1ccc(OC)c(-n2c(SCC(=O)Nc3ccccc3C(F)(F)F)nc3ccccc3c2=O)c1. The average Bonchev–Trinajstić information content (AvgIpc) is 2.87. The van der Waals surface area contributed by atoms with Gasteiger partial charge in [0.15, 0.2) is 5.16 Å². The van der Waals surface area contributed by atoms with Crippen LogP contribution in [0.4, 0.5) is 18.9 Å². The number of rotatable bonds is 7. The second-order valence-corrected chi connectivity index (χ2v) is 8.41. The zero-order valence-corrected chi connectivity index (χ0v) is 19.9. The van der Waals surface area contributed by atoms with Gasteiger partial charge in [-0.1, -0.05) is 36.0 Å². The van der Waals surface area contributed by atoms with E-state index in [1.54, 1.807) is 42.5 Å². The Balaban J connectivity index is 1.73. The number of carbonyl (C=O) groups excluding carboxylic acids is 1. The summed E-state index contributed by atoms with van der Waals surface area (Å²) in [6.45, 7) is 0. The van der Waals surface area contributed by atoms with E-state index in [1.165, 1.54) is 37.0 Å². The maximum atomic E-state index is 13.5. The molecule has 1 heterocycles. The largest absolute Gasteiger partial charge is 0.497 e. The number of fused-ring (bicyclic) bond motifs is 1. The number of alkyl halides is 3. The fraction of sp³-hybridized carbons (Fsp3) is 0.160. The number of para-hydroxylation sites is 2. The summed E-state index contributed by atoms with van der Waals surface area (Å²) in [7, 11) is 2.93. The van der Waals surface area contributed by atoms with Crippen molar-refractivity contribution in [3.63, 3.8) is 0 Å². The molecule has 0 radical (unpaired) electrons. The predicted molar refractivity (Wildman–Crippen MR) is 131 cm³/mol. The van der Waals surface area contributed by atoms with Crippen LogP contribution in [0.3, 0.4) is 0 Å². The smallest absolute Gasteiger partial charge is 0.418 e. The Morgan fingerprint density at radius 2 is 1.75 bits per heavy atom.